The number of nitrogens with zero attached hydrogens (tertiary/aromatic N) is 4. The number of hydrogen-bond acceptors (Lipinski definition) is 3. The molecule has 0 saturated carbocycles. The number of rotatable bonds is 3. The van der Waals surface area contributed by atoms with E-state index in [1.54, 1.807) is 0 Å². The van der Waals surface area contributed by atoms with Crippen LogP contribution in [0.15, 0.2) is 41.3 Å². The van der Waals surface area contributed by atoms with E-state index in [0.717, 1.165) is 21.6 Å². The van der Waals surface area contributed by atoms with Gasteiger partial charge in [0.15, 0.2) is 5.65 Å². The van der Waals surface area contributed by atoms with Crippen LogP contribution in [-0.4, -0.2) is 43.9 Å². The predicted octanol–water partition coefficient (Wildman–Crippen LogP) is 3.29. The molecule has 31 heavy (non-hydrogen) atoms. The Morgan fingerprint density at radius 3 is 2.58 bits per heavy atom. The summed E-state index contributed by atoms with van der Waals surface area (Å²) < 4.78 is 68.3. The first-order chi connectivity index (χ1) is 14.5. The maximum Gasteiger partial charge on any atom is 0.416 e. The summed E-state index contributed by atoms with van der Waals surface area (Å²) in [4.78, 5) is 30.3. The van der Waals surface area contributed by atoms with Crippen LogP contribution in [0.5, 0.6) is 0 Å². The molecule has 1 aromatic carbocycles. The molecule has 0 unspecified atom stereocenters. The van der Waals surface area contributed by atoms with Crippen molar-refractivity contribution in [2.45, 2.75) is 25.1 Å². The third-order valence-electron chi connectivity index (χ3n) is 5.31. The SMILES string of the molecule is Cn1c(=O)n(CC(=O)N2CCC(F)(F)C2)c2cc(-c3cccc(C(F)(F)F)c3)cnc21. The molecule has 4 rings (SSSR count). The molecular weight excluding hydrogens is 423 g/mol. The number of benzene rings is 1. The molecule has 1 fully saturated rings. The topological polar surface area (TPSA) is 60.1 Å². The Kier molecular flexibility index (Phi) is 4.86. The number of hydrogen-bond donors (Lipinski definition) is 0. The minimum Gasteiger partial charge on any atom is -0.335 e. The van der Waals surface area contributed by atoms with E-state index in [-0.39, 0.29) is 23.3 Å². The van der Waals surface area contributed by atoms with Gasteiger partial charge in [0.2, 0.25) is 5.91 Å². The van der Waals surface area contributed by atoms with Crippen molar-refractivity contribution in [2.24, 2.45) is 7.05 Å². The number of pyridine rings is 1. The van der Waals surface area contributed by atoms with Gasteiger partial charge in [0.05, 0.1) is 17.6 Å². The summed E-state index contributed by atoms with van der Waals surface area (Å²) in [5, 5.41) is 0. The highest BCUT2D eigenvalue weighted by molar-refractivity contribution is 5.82. The molecule has 3 heterocycles. The number of carbonyl (C=O) groups excluding carboxylic acids is 1. The van der Waals surface area contributed by atoms with E-state index in [1.165, 1.54) is 36.0 Å². The molecule has 0 N–H and O–H groups in total. The summed E-state index contributed by atoms with van der Waals surface area (Å²) in [5.74, 6) is -3.60. The van der Waals surface area contributed by atoms with Gasteiger partial charge in [-0.25, -0.2) is 18.6 Å². The number of imidazole rings is 1. The fourth-order valence-corrected chi connectivity index (χ4v) is 3.65. The third-order valence-corrected chi connectivity index (χ3v) is 5.31. The molecule has 0 spiro atoms. The van der Waals surface area contributed by atoms with Gasteiger partial charge in [0.25, 0.3) is 5.92 Å². The smallest absolute Gasteiger partial charge is 0.335 e. The zero-order chi connectivity index (χ0) is 22.6. The molecule has 2 aromatic heterocycles. The minimum absolute atomic E-state index is 0.112. The lowest BCUT2D eigenvalue weighted by atomic mass is 10.0. The van der Waals surface area contributed by atoms with Gasteiger partial charge in [0, 0.05) is 31.8 Å². The number of carbonyl (C=O) groups is 1. The lowest BCUT2D eigenvalue weighted by Gasteiger charge is -2.16. The maximum atomic E-state index is 13.4. The maximum absolute atomic E-state index is 13.4. The van der Waals surface area contributed by atoms with Crippen molar-refractivity contribution in [3.63, 3.8) is 0 Å². The van der Waals surface area contributed by atoms with E-state index < -0.39 is 48.8 Å². The van der Waals surface area contributed by atoms with Gasteiger partial charge in [-0.3, -0.25) is 13.9 Å². The summed E-state index contributed by atoms with van der Waals surface area (Å²) in [5.41, 5.74) is -0.415. The van der Waals surface area contributed by atoms with Crippen LogP contribution in [-0.2, 0) is 24.6 Å². The zero-order valence-corrected chi connectivity index (χ0v) is 16.3. The zero-order valence-electron chi connectivity index (χ0n) is 16.3. The lowest BCUT2D eigenvalue weighted by molar-refractivity contribution is -0.137. The predicted molar refractivity (Wildman–Crippen MR) is 102 cm³/mol. The van der Waals surface area contributed by atoms with Crippen molar-refractivity contribution in [3.8, 4) is 11.1 Å². The van der Waals surface area contributed by atoms with E-state index in [1.807, 2.05) is 0 Å². The second kappa shape index (κ2) is 7.17. The van der Waals surface area contributed by atoms with Gasteiger partial charge in [-0.15, -0.1) is 0 Å². The highest BCUT2D eigenvalue weighted by atomic mass is 19.4. The molecule has 1 aliphatic rings. The van der Waals surface area contributed by atoms with Crippen LogP contribution in [0.4, 0.5) is 22.0 Å². The number of aryl methyl sites for hydroxylation is 1. The Balaban J connectivity index is 1.73. The number of likely N-dealkylation sites (tertiary alicyclic amines) is 1. The van der Waals surface area contributed by atoms with Crippen LogP contribution in [0.2, 0.25) is 0 Å². The summed E-state index contributed by atoms with van der Waals surface area (Å²) in [6.45, 7) is -1.29. The van der Waals surface area contributed by atoms with Gasteiger partial charge < -0.3 is 4.90 Å². The summed E-state index contributed by atoms with van der Waals surface area (Å²) in [7, 11) is 1.44. The Labute approximate surface area is 172 Å². The van der Waals surface area contributed by atoms with E-state index in [0.29, 0.717) is 5.56 Å². The molecule has 3 aromatic rings. The lowest BCUT2D eigenvalue weighted by Crippen LogP contribution is -2.36. The van der Waals surface area contributed by atoms with Crippen molar-refractivity contribution >= 4 is 17.1 Å². The third kappa shape index (κ3) is 3.91. The standard InChI is InChI=1S/C20H17F5N4O2/c1-27-17-15(29(18(27)31)10-16(30)28-6-5-19(21,22)11-28)8-13(9-26-17)12-3-2-4-14(7-12)20(23,24)25/h2-4,7-9H,5-6,10-11H2,1H3. The van der Waals surface area contributed by atoms with Crippen molar-refractivity contribution in [3.05, 3.63) is 52.6 Å². The Morgan fingerprint density at radius 1 is 1.19 bits per heavy atom. The van der Waals surface area contributed by atoms with Crippen molar-refractivity contribution in [1.82, 2.24) is 19.0 Å². The van der Waals surface area contributed by atoms with E-state index in [2.05, 4.69) is 4.98 Å². The van der Waals surface area contributed by atoms with Crippen LogP contribution >= 0.6 is 0 Å². The minimum atomic E-state index is -4.52. The monoisotopic (exact) mass is 440 g/mol. The number of aromatic nitrogens is 3. The van der Waals surface area contributed by atoms with E-state index in [9.17, 15) is 31.5 Å². The fraction of sp³-hybridized carbons (Fsp3) is 0.350. The number of fused-ring (bicyclic) bond motifs is 1. The average molecular weight is 440 g/mol. The molecule has 0 radical (unpaired) electrons. The second-order valence-electron chi connectivity index (χ2n) is 7.49. The molecule has 0 atom stereocenters. The van der Waals surface area contributed by atoms with Crippen LogP contribution in [0.25, 0.3) is 22.3 Å². The Morgan fingerprint density at radius 2 is 1.94 bits per heavy atom. The Hall–Kier alpha value is -3.24. The van der Waals surface area contributed by atoms with Crippen LogP contribution < -0.4 is 5.69 Å². The average Bonchev–Trinajstić information content (AvgIpc) is 3.19. The molecule has 11 heteroatoms. The van der Waals surface area contributed by atoms with Gasteiger partial charge in [-0.2, -0.15) is 13.2 Å². The highest BCUT2D eigenvalue weighted by Crippen LogP contribution is 2.32. The number of halogens is 5. The van der Waals surface area contributed by atoms with E-state index >= 15 is 0 Å². The van der Waals surface area contributed by atoms with Gasteiger partial charge >= 0.3 is 11.9 Å². The quantitative estimate of drug-likeness (QED) is 0.588. The highest BCUT2D eigenvalue weighted by Gasteiger charge is 2.40. The molecule has 0 aliphatic carbocycles. The van der Waals surface area contributed by atoms with Crippen molar-refractivity contribution in [2.75, 3.05) is 13.1 Å². The summed E-state index contributed by atoms with van der Waals surface area (Å²) in [6.07, 6.45) is -3.62. The largest absolute Gasteiger partial charge is 0.416 e. The van der Waals surface area contributed by atoms with Gasteiger partial charge in [0.1, 0.15) is 6.54 Å². The summed E-state index contributed by atoms with van der Waals surface area (Å²) >= 11 is 0. The molecule has 164 valence electrons. The summed E-state index contributed by atoms with van der Waals surface area (Å²) in [6, 6.07) is 6.10. The molecule has 1 aliphatic heterocycles. The molecular formula is C20H17F5N4O2. The van der Waals surface area contributed by atoms with Crippen LogP contribution in [0, 0.1) is 0 Å². The van der Waals surface area contributed by atoms with Crippen molar-refractivity contribution < 1.29 is 26.7 Å². The number of amides is 1. The molecule has 1 amide bonds. The normalized spacial score (nSPS) is 16.3. The second-order valence-corrected chi connectivity index (χ2v) is 7.49. The molecule has 1 saturated heterocycles. The first kappa shape index (κ1) is 21.0. The van der Waals surface area contributed by atoms with Gasteiger partial charge in [-0.05, 0) is 23.8 Å². The van der Waals surface area contributed by atoms with Crippen molar-refractivity contribution in [1.29, 1.82) is 0 Å². The Bertz CT molecular complexity index is 1230. The first-order valence-electron chi connectivity index (χ1n) is 9.35. The fourth-order valence-electron chi connectivity index (χ4n) is 3.65. The van der Waals surface area contributed by atoms with Crippen LogP contribution in [0.1, 0.15) is 12.0 Å². The number of alkyl halides is 5. The molecule has 0 bridgehead atoms. The molecule has 6 nitrogen and oxygen atoms in total. The van der Waals surface area contributed by atoms with Gasteiger partial charge in [-0.1, -0.05) is 12.1 Å². The van der Waals surface area contributed by atoms with E-state index in [4.69, 9.17) is 0 Å². The van der Waals surface area contributed by atoms with Crippen LogP contribution in [0.3, 0.4) is 0 Å². The first-order valence-corrected chi connectivity index (χ1v) is 9.35.